The molecule has 2 radical (unpaired) electrons. The molecule has 0 fully saturated rings. The Morgan fingerprint density at radius 1 is 1.06 bits per heavy atom. The fourth-order valence-electron chi connectivity index (χ4n) is 3.52. The molecule has 0 N–H and O–H groups in total. The third-order valence-electron chi connectivity index (χ3n) is 5.05. The van der Waals surface area contributed by atoms with Crippen LogP contribution in [0.4, 0.5) is 0 Å². The fraction of sp³-hybridized carbons (Fsp3) is 0.800. The number of hydrogen-bond acceptors (Lipinski definition) is 0. The number of rotatable bonds is 1. The summed E-state index contributed by atoms with van der Waals surface area (Å²) in [5, 5.41) is 0. The molecule has 0 heterocycles. The number of halogens is 1. The first-order chi connectivity index (χ1) is 6.88. The van der Waals surface area contributed by atoms with Crippen molar-refractivity contribution in [3.63, 3.8) is 0 Å². The molecule has 0 saturated carbocycles. The summed E-state index contributed by atoms with van der Waals surface area (Å²) in [7, 11) is 0. The number of allylic oxidation sites excluding steroid dienone is 2. The van der Waals surface area contributed by atoms with Crippen molar-refractivity contribution < 1.29 is 40.1 Å². The number of hydrogen-bond donors (Lipinski definition) is 0. The van der Waals surface area contributed by atoms with Crippen LogP contribution in [-0.4, -0.2) is 0 Å². The molecular weight excluding hydrogens is 416 g/mol. The van der Waals surface area contributed by atoms with Crippen LogP contribution in [0.5, 0.6) is 0 Å². The van der Waals surface area contributed by atoms with E-state index in [9.17, 15) is 0 Å². The van der Waals surface area contributed by atoms with Crippen molar-refractivity contribution in [2.24, 2.45) is 16.7 Å². The summed E-state index contributed by atoms with van der Waals surface area (Å²) in [4.78, 5) is 0. The smallest absolute Gasteiger partial charge is 1.00 e. The average Bonchev–Trinajstić information content (AvgIpc) is 2.46. The third kappa shape index (κ3) is 2.94. The Hall–Kier alpha value is 0.965. The van der Waals surface area contributed by atoms with E-state index < -0.39 is 0 Å². The van der Waals surface area contributed by atoms with Crippen LogP contribution in [0.1, 0.15) is 60.3 Å². The Bertz CT molecular complexity index is 304. The minimum absolute atomic E-state index is 0. The van der Waals surface area contributed by atoms with Gasteiger partial charge in [-0.25, -0.2) is 0 Å². The van der Waals surface area contributed by atoms with Crippen LogP contribution in [0.25, 0.3) is 0 Å². The maximum Gasteiger partial charge on any atom is 1.00 e. The van der Waals surface area contributed by atoms with E-state index in [1.54, 1.807) is 5.57 Å². The monoisotopic (exact) mass is 442 g/mol. The normalized spacial score (nSPS) is 30.7. The Labute approximate surface area is 134 Å². The van der Waals surface area contributed by atoms with E-state index in [0.717, 1.165) is 5.92 Å². The van der Waals surface area contributed by atoms with Gasteiger partial charge in [-0.1, -0.05) is 45.8 Å². The topological polar surface area (TPSA) is 0 Å². The summed E-state index contributed by atoms with van der Waals surface area (Å²) in [6, 6.07) is 0. The van der Waals surface area contributed by atoms with Gasteiger partial charge in [0, 0.05) is 0 Å². The minimum Gasteiger partial charge on any atom is -1.00 e. The van der Waals surface area contributed by atoms with Crippen LogP contribution in [-0.2, 0) is 27.7 Å². The molecule has 0 bridgehead atoms. The van der Waals surface area contributed by atoms with Gasteiger partial charge in [0.1, 0.15) is 0 Å². The summed E-state index contributed by atoms with van der Waals surface area (Å²) in [5.41, 5.74) is 4.45. The SMILES string of the molecule is CC(C)[C@]1(C)CCC2=C1CC[CH]C2(C)C.[Cl-].[Hg+]. The van der Waals surface area contributed by atoms with Gasteiger partial charge in [-0.15, -0.1) is 0 Å². The van der Waals surface area contributed by atoms with Crippen LogP contribution >= 0.6 is 0 Å². The van der Waals surface area contributed by atoms with E-state index in [2.05, 4.69) is 41.0 Å². The zero-order chi connectivity index (χ0) is 11.3. The van der Waals surface area contributed by atoms with Crippen LogP contribution in [0.3, 0.4) is 0 Å². The third-order valence-corrected chi connectivity index (χ3v) is 5.05. The first-order valence-corrected chi connectivity index (χ1v) is 6.45. The van der Waals surface area contributed by atoms with Gasteiger partial charge in [-0.3, -0.25) is 0 Å². The van der Waals surface area contributed by atoms with Crippen LogP contribution in [0.2, 0.25) is 0 Å². The maximum atomic E-state index is 2.53. The van der Waals surface area contributed by atoms with E-state index in [1.807, 2.05) is 5.57 Å². The molecule has 17 heavy (non-hydrogen) atoms. The van der Waals surface area contributed by atoms with E-state index in [1.165, 1.54) is 25.7 Å². The van der Waals surface area contributed by atoms with Gasteiger partial charge in [-0.2, -0.15) is 0 Å². The molecule has 1 atom stereocenters. The van der Waals surface area contributed by atoms with Gasteiger partial charge in [-0.05, 0) is 48.9 Å². The van der Waals surface area contributed by atoms with Gasteiger partial charge in [0.15, 0.2) is 0 Å². The largest absolute Gasteiger partial charge is 1.00 e. The molecule has 0 aromatic heterocycles. The van der Waals surface area contributed by atoms with Gasteiger partial charge in [0.2, 0.25) is 0 Å². The zero-order valence-corrected chi connectivity index (χ0v) is 18.3. The van der Waals surface area contributed by atoms with E-state index in [-0.39, 0.29) is 40.1 Å². The second kappa shape index (κ2) is 5.95. The molecule has 0 aliphatic heterocycles. The molecule has 2 aliphatic carbocycles. The van der Waals surface area contributed by atoms with Crippen molar-refractivity contribution in [2.75, 3.05) is 0 Å². The molecule has 0 spiro atoms. The average molecular weight is 441 g/mol. The molecule has 0 aromatic rings. The second-order valence-corrected chi connectivity index (χ2v) is 6.49. The Morgan fingerprint density at radius 3 is 2.18 bits per heavy atom. The summed E-state index contributed by atoms with van der Waals surface area (Å²) >= 11 is 0. The van der Waals surface area contributed by atoms with Crippen LogP contribution in [0.15, 0.2) is 11.1 Å². The predicted octanol–water partition coefficient (Wildman–Crippen LogP) is 1.76. The first-order valence-electron chi connectivity index (χ1n) is 6.45. The van der Waals surface area contributed by atoms with Crippen molar-refractivity contribution >= 4 is 0 Å². The van der Waals surface area contributed by atoms with Gasteiger partial charge in [0.05, 0.1) is 0 Å². The molecule has 2 heteroatoms. The molecular formula is C15H25ClHg. The second-order valence-electron chi connectivity index (χ2n) is 6.49. The molecule has 2 rings (SSSR count). The van der Waals surface area contributed by atoms with Crippen molar-refractivity contribution in [3.05, 3.63) is 17.6 Å². The molecule has 0 nitrogen and oxygen atoms in total. The maximum absolute atomic E-state index is 2.53. The Kier molecular flexibility index (Phi) is 6.28. The van der Waals surface area contributed by atoms with Crippen molar-refractivity contribution in [1.82, 2.24) is 0 Å². The molecule has 0 saturated heterocycles. The van der Waals surface area contributed by atoms with Gasteiger partial charge < -0.3 is 12.4 Å². The Balaban J connectivity index is 0.00000128. The zero-order valence-electron chi connectivity index (χ0n) is 12.1. The minimum atomic E-state index is 0. The summed E-state index contributed by atoms with van der Waals surface area (Å²) in [5.74, 6) is 0.791. The molecule has 0 amide bonds. The van der Waals surface area contributed by atoms with Crippen molar-refractivity contribution in [2.45, 2.75) is 60.3 Å². The molecule has 0 unspecified atom stereocenters. The fourth-order valence-corrected chi connectivity index (χ4v) is 3.52. The summed E-state index contributed by atoms with van der Waals surface area (Å²) in [6.45, 7) is 12.1. The van der Waals surface area contributed by atoms with E-state index in [4.69, 9.17) is 0 Å². The summed E-state index contributed by atoms with van der Waals surface area (Å²) < 4.78 is 0. The van der Waals surface area contributed by atoms with Crippen LogP contribution in [0, 0.1) is 23.2 Å². The Morgan fingerprint density at radius 2 is 1.65 bits per heavy atom. The van der Waals surface area contributed by atoms with Crippen molar-refractivity contribution in [1.29, 1.82) is 0 Å². The van der Waals surface area contributed by atoms with E-state index >= 15 is 0 Å². The summed E-state index contributed by atoms with van der Waals surface area (Å²) in [6.07, 6.45) is 7.86. The first kappa shape index (κ1) is 18.0. The van der Waals surface area contributed by atoms with Crippen molar-refractivity contribution in [3.8, 4) is 0 Å². The van der Waals surface area contributed by atoms with E-state index in [0.29, 0.717) is 10.8 Å². The molecule has 2 aliphatic rings. The predicted molar refractivity (Wildman–Crippen MR) is 66.5 cm³/mol. The quantitative estimate of drug-likeness (QED) is 0.430. The van der Waals surface area contributed by atoms with Crippen LogP contribution < -0.4 is 12.4 Å². The van der Waals surface area contributed by atoms with Gasteiger partial charge in [0.25, 0.3) is 0 Å². The molecule has 0 aromatic carbocycles. The molecule has 94 valence electrons. The van der Waals surface area contributed by atoms with Gasteiger partial charge >= 0.3 is 27.7 Å². The standard InChI is InChI=1S/C15H25.ClH.Hg/c1-11(2)15(5)10-8-12-13(15)7-6-9-14(12,3)4;;/h9,11H,6-8,10H2,1-5H3;1H;/q;;+1/p-1/t15-;;/m0../s1.